The number of nitrogens with one attached hydrogen (secondary N) is 1. The number of aliphatic hydroxyl groups excluding tert-OH is 1. The third kappa shape index (κ3) is 2.66. The lowest BCUT2D eigenvalue weighted by molar-refractivity contribution is 0.0690. The minimum absolute atomic E-state index is 0.0380. The van der Waals surface area contributed by atoms with Crippen molar-refractivity contribution < 1.29 is 28.2 Å². The van der Waals surface area contributed by atoms with Gasteiger partial charge in [0.2, 0.25) is 10.0 Å². The lowest BCUT2D eigenvalue weighted by Crippen LogP contribution is -2.43. The van der Waals surface area contributed by atoms with E-state index in [0.717, 1.165) is 0 Å². The van der Waals surface area contributed by atoms with Crippen LogP contribution in [0.4, 0.5) is 0 Å². The van der Waals surface area contributed by atoms with Gasteiger partial charge in [0.15, 0.2) is 0 Å². The molecule has 1 aliphatic carbocycles. The van der Waals surface area contributed by atoms with E-state index in [0.29, 0.717) is 5.56 Å². The Morgan fingerprint density at radius 1 is 1.12 bits per heavy atom. The normalized spacial score (nSPS) is 26.8. The molecule has 2 aliphatic rings. The molecule has 1 saturated carbocycles. The number of carboxylic acids is 1. The van der Waals surface area contributed by atoms with Crippen molar-refractivity contribution in [2.24, 2.45) is 0 Å². The number of carbonyl (C=O) groups is 1. The Morgan fingerprint density at radius 2 is 1.85 bits per heavy atom. The summed E-state index contributed by atoms with van der Waals surface area (Å²) in [6.45, 7) is 0. The van der Waals surface area contributed by atoms with E-state index < -0.39 is 40.2 Å². The Hall–Kier alpha value is -2.42. The molecule has 4 rings (SSSR count). The van der Waals surface area contributed by atoms with Crippen LogP contribution in [0, 0.1) is 0 Å². The average Bonchev–Trinajstić information content (AvgIpc) is 3.11. The summed E-state index contributed by atoms with van der Waals surface area (Å²) in [6, 6.07) is 11.9. The Balaban J connectivity index is 1.70. The molecule has 2 aromatic carbocycles. The predicted octanol–water partition coefficient (Wildman–Crippen LogP) is 1.34. The average molecular weight is 375 g/mol. The second-order valence-corrected chi connectivity index (χ2v) is 8.19. The van der Waals surface area contributed by atoms with Crippen molar-refractivity contribution >= 4 is 16.0 Å². The van der Waals surface area contributed by atoms with Crippen LogP contribution in [0.2, 0.25) is 0 Å². The topological polar surface area (TPSA) is 113 Å². The summed E-state index contributed by atoms with van der Waals surface area (Å²) < 4.78 is 33.7. The van der Waals surface area contributed by atoms with Crippen LogP contribution < -0.4 is 9.46 Å². The predicted molar refractivity (Wildman–Crippen MR) is 91.7 cm³/mol. The van der Waals surface area contributed by atoms with Gasteiger partial charge in [0.05, 0.1) is 17.0 Å². The molecule has 0 radical (unpaired) electrons. The molecular weight excluding hydrogens is 358 g/mol. The summed E-state index contributed by atoms with van der Waals surface area (Å²) >= 11 is 0. The van der Waals surface area contributed by atoms with E-state index in [-0.39, 0.29) is 22.6 Å². The number of carboxylic acid groups (broad SMARTS) is 1. The zero-order chi connectivity index (χ0) is 18.5. The van der Waals surface area contributed by atoms with Gasteiger partial charge >= 0.3 is 5.97 Å². The van der Waals surface area contributed by atoms with Gasteiger partial charge in [-0.05, 0) is 18.2 Å². The fraction of sp³-hybridized carbons (Fsp3) is 0.278. The highest BCUT2D eigenvalue weighted by atomic mass is 32.2. The minimum Gasteiger partial charge on any atom is -0.488 e. The highest BCUT2D eigenvalue weighted by Gasteiger charge is 2.51. The zero-order valence-corrected chi connectivity index (χ0v) is 14.4. The summed E-state index contributed by atoms with van der Waals surface area (Å²) in [5.74, 6) is -1.30. The summed E-state index contributed by atoms with van der Waals surface area (Å²) in [4.78, 5) is 11.5. The van der Waals surface area contributed by atoms with E-state index in [1.54, 1.807) is 30.3 Å². The third-order valence-electron chi connectivity index (χ3n) is 4.92. The maximum atomic E-state index is 12.7. The van der Waals surface area contributed by atoms with Gasteiger partial charge in [-0.25, -0.2) is 17.9 Å². The SMILES string of the molecule is O=C(O)c1cccc2c1O[C@H]1C[C@@H](O)[C@H](NS(=O)(=O)c3ccccc3)[C@@H]21. The van der Waals surface area contributed by atoms with Crippen LogP contribution in [0.1, 0.15) is 28.3 Å². The first-order valence-electron chi connectivity index (χ1n) is 8.17. The van der Waals surface area contributed by atoms with E-state index in [2.05, 4.69) is 4.72 Å². The molecule has 0 unspecified atom stereocenters. The number of fused-ring (bicyclic) bond motifs is 3. The molecule has 3 N–H and O–H groups in total. The fourth-order valence-corrected chi connectivity index (χ4v) is 5.10. The van der Waals surface area contributed by atoms with Gasteiger partial charge in [0.25, 0.3) is 0 Å². The van der Waals surface area contributed by atoms with E-state index in [9.17, 15) is 23.4 Å². The molecule has 1 fully saturated rings. The second-order valence-electron chi connectivity index (χ2n) is 6.47. The number of para-hydroxylation sites is 1. The van der Waals surface area contributed by atoms with Crippen LogP contribution in [0.3, 0.4) is 0 Å². The van der Waals surface area contributed by atoms with Crippen LogP contribution in [0.15, 0.2) is 53.4 Å². The summed E-state index contributed by atoms with van der Waals surface area (Å²) in [7, 11) is -3.83. The standard InChI is InChI=1S/C18H17NO6S/c20-13-9-14-15(11-7-4-8-12(18(21)22)17(11)25-14)16(13)19-26(23,24)10-5-2-1-3-6-10/h1-8,13-16,19-20H,9H2,(H,21,22)/t13-,14+,15+,16+/m1/s1. The molecular formula is C18H17NO6S. The minimum atomic E-state index is -3.83. The molecule has 4 atom stereocenters. The number of aromatic carboxylic acids is 1. The van der Waals surface area contributed by atoms with Crippen molar-refractivity contribution in [3.8, 4) is 5.75 Å². The van der Waals surface area contributed by atoms with Gasteiger partial charge in [-0.2, -0.15) is 0 Å². The number of sulfonamides is 1. The Morgan fingerprint density at radius 3 is 2.54 bits per heavy atom. The molecule has 0 spiro atoms. The van der Waals surface area contributed by atoms with Gasteiger partial charge in [0, 0.05) is 17.9 Å². The van der Waals surface area contributed by atoms with Gasteiger partial charge in [-0.15, -0.1) is 0 Å². The van der Waals surface area contributed by atoms with Crippen molar-refractivity contribution in [3.63, 3.8) is 0 Å². The molecule has 26 heavy (non-hydrogen) atoms. The van der Waals surface area contributed by atoms with Crippen LogP contribution in [-0.2, 0) is 10.0 Å². The fourth-order valence-electron chi connectivity index (χ4n) is 3.78. The molecule has 0 aromatic heterocycles. The van der Waals surface area contributed by atoms with Gasteiger partial charge < -0.3 is 14.9 Å². The lowest BCUT2D eigenvalue weighted by Gasteiger charge is -2.22. The molecule has 0 bridgehead atoms. The molecule has 1 heterocycles. The number of aliphatic hydroxyl groups is 1. The summed E-state index contributed by atoms with van der Waals surface area (Å²) in [5.41, 5.74) is 0.642. The Labute approximate surface area is 150 Å². The number of hydrogen-bond acceptors (Lipinski definition) is 5. The van der Waals surface area contributed by atoms with E-state index >= 15 is 0 Å². The first kappa shape index (κ1) is 17.0. The second kappa shape index (κ2) is 6.08. The van der Waals surface area contributed by atoms with Crippen molar-refractivity contribution in [2.75, 3.05) is 0 Å². The quantitative estimate of drug-likeness (QED) is 0.743. The highest BCUT2D eigenvalue weighted by Crippen LogP contribution is 2.48. The van der Waals surface area contributed by atoms with Gasteiger partial charge in [-0.3, -0.25) is 0 Å². The molecule has 0 amide bonds. The smallest absolute Gasteiger partial charge is 0.339 e. The van der Waals surface area contributed by atoms with Crippen LogP contribution in [0.25, 0.3) is 0 Å². The summed E-state index contributed by atoms with van der Waals surface area (Å²) in [6.07, 6.45) is -1.17. The van der Waals surface area contributed by atoms with Crippen LogP contribution in [-0.4, -0.2) is 42.8 Å². The molecule has 7 nitrogen and oxygen atoms in total. The number of rotatable bonds is 4. The molecule has 136 valence electrons. The van der Waals surface area contributed by atoms with Crippen molar-refractivity contribution in [1.29, 1.82) is 0 Å². The van der Waals surface area contributed by atoms with Gasteiger partial charge in [0.1, 0.15) is 17.4 Å². The molecule has 2 aromatic rings. The lowest BCUT2D eigenvalue weighted by atomic mass is 9.93. The van der Waals surface area contributed by atoms with Crippen LogP contribution in [0.5, 0.6) is 5.75 Å². The van der Waals surface area contributed by atoms with E-state index in [1.807, 2.05) is 0 Å². The van der Waals surface area contributed by atoms with Gasteiger partial charge in [-0.1, -0.05) is 30.3 Å². The summed E-state index contributed by atoms with van der Waals surface area (Å²) in [5, 5.41) is 19.7. The van der Waals surface area contributed by atoms with Crippen LogP contribution >= 0.6 is 0 Å². The van der Waals surface area contributed by atoms with Crippen molar-refractivity contribution in [2.45, 2.75) is 35.5 Å². The van der Waals surface area contributed by atoms with Crippen molar-refractivity contribution in [3.05, 3.63) is 59.7 Å². The maximum absolute atomic E-state index is 12.7. The third-order valence-corrected chi connectivity index (χ3v) is 6.40. The Bertz CT molecular complexity index is 959. The van der Waals surface area contributed by atoms with E-state index in [1.165, 1.54) is 18.2 Å². The molecule has 0 saturated heterocycles. The zero-order valence-electron chi connectivity index (χ0n) is 13.6. The van der Waals surface area contributed by atoms with Crippen molar-refractivity contribution in [1.82, 2.24) is 4.72 Å². The monoisotopic (exact) mass is 375 g/mol. The maximum Gasteiger partial charge on any atom is 0.339 e. The van der Waals surface area contributed by atoms with E-state index in [4.69, 9.17) is 4.74 Å². The number of ether oxygens (including phenoxy) is 1. The first-order valence-corrected chi connectivity index (χ1v) is 9.65. The number of benzene rings is 2. The largest absolute Gasteiger partial charge is 0.488 e. The highest BCUT2D eigenvalue weighted by molar-refractivity contribution is 7.89. The Kier molecular flexibility index (Phi) is 3.98. The number of hydrogen-bond donors (Lipinski definition) is 3. The molecule has 8 heteroatoms. The molecule has 1 aliphatic heterocycles. The first-order chi connectivity index (χ1) is 12.4.